The number of amides is 1. The largest absolute Gasteiger partial charge is 0.300 e. The summed E-state index contributed by atoms with van der Waals surface area (Å²) in [7, 11) is 0. The molecule has 0 aliphatic heterocycles. The Morgan fingerprint density at radius 2 is 2.09 bits per heavy atom. The van der Waals surface area contributed by atoms with E-state index in [0.29, 0.717) is 15.2 Å². The molecule has 1 aromatic carbocycles. The van der Waals surface area contributed by atoms with Crippen molar-refractivity contribution in [2.24, 2.45) is 5.92 Å². The maximum absolute atomic E-state index is 12.3. The zero-order valence-corrected chi connectivity index (χ0v) is 14.8. The Bertz CT molecular complexity index is 687. The van der Waals surface area contributed by atoms with E-state index in [4.69, 9.17) is 23.2 Å². The SMILES string of the molecule is CCSc1nnc(NC(=O)[C@@H]2C[C@@H]2c2cc(Cl)cc(Cl)c2)s1. The third kappa shape index (κ3) is 3.74. The van der Waals surface area contributed by atoms with Crippen LogP contribution in [0.5, 0.6) is 0 Å². The maximum Gasteiger partial charge on any atom is 0.229 e. The van der Waals surface area contributed by atoms with Crippen LogP contribution in [0.1, 0.15) is 24.8 Å². The van der Waals surface area contributed by atoms with Gasteiger partial charge in [-0.2, -0.15) is 0 Å². The van der Waals surface area contributed by atoms with Crippen LogP contribution in [0.25, 0.3) is 0 Å². The number of carbonyl (C=O) groups excluding carboxylic acids is 1. The van der Waals surface area contributed by atoms with E-state index in [1.54, 1.807) is 17.8 Å². The second kappa shape index (κ2) is 6.74. The second-order valence-electron chi connectivity index (χ2n) is 4.95. The first-order valence-corrected chi connectivity index (χ1v) is 9.35. The number of aromatic nitrogens is 2. The number of nitrogens with zero attached hydrogens (tertiary/aromatic N) is 2. The van der Waals surface area contributed by atoms with Crippen molar-refractivity contribution < 1.29 is 4.79 Å². The zero-order chi connectivity index (χ0) is 15.7. The molecule has 0 unspecified atom stereocenters. The first-order valence-electron chi connectivity index (χ1n) is 6.80. The average molecular weight is 374 g/mol. The average Bonchev–Trinajstić information content (AvgIpc) is 3.14. The molecule has 0 spiro atoms. The fourth-order valence-corrected chi connectivity index (χ4v) is 4.48. The van der Waals surface area contributed by atoms with E-state index in [0.717, 1.165) is 22.1 Å². The van der Waals surface area contributed by atoms with Gasteiger partial charge in [-0.05, 0) is 41.9 Å². The molecule has 1 aliphatic carbocycles. The van der Waals surface area contributed by atoms with Gasteiger partial charge in [-0.25, -0.2) is 0 Å². The number of anilines is 1. The Morgan fingerprint density at radius 1 is 1.36 bits per heavy atom. The van der Waals surface area contributed by atoms with Gasteiger partial charge < -0.3 is 5.32 Å². The smallest absolute Gasteiger partial charge is 0.229 e. The van der Waals surface area contributed by atoms with Crippen LogP contribution in [0.3, 0.4) is 0 Å². The predicted molar refractivity (Wildman–Crippen MR) is 92.2 cm³/mol. The first kappa shape index (κ1) is 16.1. The molecule has 1 saturated carbocycles. The molecular formula is C14H13Cl2N3OS2. The molecule has 1 aromatic heterocycles. The number of hydrogen-bond donors (Lipinski definition) is 1. The van der Waals surface area contributed by atoms with Crippen LogP contribution < -0.4 is 5.32 Å². The molecule has 2 atom stereocenters. The van der Waals surface area contributed by atoms with E-state index in [1.807, 2.05) is 12.1 Å². The Kier molecular flexibility index (Phi) is 4.92. The molecular weight excluding hydrogens is 361 g/mol. The summed E-state index contributed by atoms with van der Waals surface area (Å²) in [6.45, 7) is 2.05. The van der Waals surface area contributed by atoms with Gasteiger partial charge >= 0.3 is 0 Å². The molecule has 2 aromatic rings. The lowest BCUT2D eigenvalue weighted by Gasteiger charge is -2.03. The molecule has 3 rings (SSSR count). The van der Waals surface area contributed by atoms with Gasteiger partial charge in [0, 0.05) is 16.0 Å². The van der Waals surface area contributed by atoms with Crippen LogP contribution in [0.4, 0.5) is 5.13 Å². The van der Waals surface area contributed by atoms with Gasteiger partial charge in [0.1, 0.15) is 0 Å². The molecule has 116 valence electrons. The molecule has 8 heteroatoms. The van der Waals surface area contributed by atoms with Crippen LogP contribution in [0.2, 0.25) is 10.0 Å². The molecule has 1 heterocycles. The number of carbonyl (C=O) groups is 1. The van der Waals surface area contributed by atoms with Crippen molar-refractivity contribution in [2.45, 2.75) is 23.6 Å². The lowest BCUT2D eigenvalue weighted by Crippen LogP contribution is -2.14. The molecule has 1 fully saturated rings. The van der Waals surface area contributed by atoms with Crippen LogP contribution in [0, 0.1) is 5.92 Å². The highest BCUT2D eigenvalue weighted by atomic mass is 35.5. The fourth-order valence-electron chi connectivity index (χ4n) is 2.28. The third-order valence-corrected chi connectivity index (χ3v) is 5.64. The van der Waals surface area contributed by atoms with Crippen molar-refractivity contribution in [1.82, 2.24) is 10.2 Å². The van der Waals surface area contributed by atoms with E-state index in [-0.39, 0.29) is 17.7 Å². The molecule has 0 radical (unpaired) electrons. The van der Waals surface area contributed by atoms with E-state index in [1.165, 1.54) is 11.3 Å². The molecule has 1 amide bonds. The molecule has 0 bridgehead atoms. The van der Waals surface area contributed by atoms with Crippen molar-refractivity contribution in [1.29, 1.82) is 0 Å². The van der Waals surface area contributed by atoms with Gasteiger partial charge in [0.15, 0.2) is 4.34 Å². The first-order chi connectivity index (χ1) is 10.6. The van der Waals surface area contributed by atoms with Crippen molar-refractivity contribution >= 4 is 57.3 Å². The van der Waals surface area contributed by atoms with Crippen molar-refractivity contribution in [3.63, 3.8) is 0 Å². The highest BCUT2D eigenvalue weighted by Crippen LogP contribution is 2.49. The minimum absolute atomic E-state index is 0.0229. The normalized spacial score (nSPS) is 20.0. The summed E-state index contributed by atoms with van der Waals surface area (Å²) in [6.07, 6.45) is 0.803. The van der Waals surface area contributed by atoms with Crippen LogP contribution in [-0.4, -0.2) is 21.9 Å². The van der Waals surface area contributed by atoms with Gasteiger partial charge in [0.25, 0.3) is 0 Å². The maximum atomic E-state index is 12.3. The van der Waals surface area contributed by atoms with Gasteiger partial charge in [-0.1, -0.05) is 53.2 Å². The monoisotopic (exact) mass is 373 g/mol. The Hall–Kier alpha value is -0.820. The summed E-state index contributed by atoms with van der Waals surface area (Å²) in [4.78, 5) is 12.3. The quantitative estimate of drug-likeness (QED) is 0.609. The van der Waals surface area contributed by atoms with Gasteiger partial charge in [-0.15, -0.1) is 10.2 Å². The summed E-state index contributed by atoms with van der Waals surface area (Å²) in [5.74, 6) is 1.03. The Balaban J connectivity index is 1.62. The van der Waals surface area contributed by atoms with E-state index in [2.05, 4.69) is 22.4 Å². The highest BCUT2D eigenvalue weighted by Gasteiger charge is 2.44. The van der Waals surface area contributed by atoms with Gasteiger partial charge in [0.2, 0.25) is 11.0 Å². The Morgan fingerprint density at radius 3 is 2.77 bits per heavy atom. The highest BCUT2D eigenvalue weighted by molar-refractivity contribution is 8.01. The van der Waals surface area contributed by atoms with Crippen LogP contribution in [0.15, 0.2) is 22.5 Å². The number of thioether (sulfide) groups is 1. The molecule has 1 N–H and O–H groups in total. The molecule has 0 saturated heterocycles. The summed E-state index contributed by atoms with van der Waals surface area (Å²) < 4.78 is 0.867. The van der Waals surface area contributed by atoms with E-state index >= 15 is 0 Å². The lowest BCUT2D eigenvalue weighted by molar-refractivity contribution is -0.117. The zero-order valence-electron chi connectivity index (χ0n) is 11.7. The predicted octanol–water partition coefficient (Wildman–Crippen LogP) is 4.70. The lowest BCUT2D eigenvalue weighted by atomic mass is 10.1. The Labute approximate surface area is 146 Å². The number of halogens is 2. The van der Waals surface area contributed by atoms with Crippen molar-refractivity contribution in [2.75, 3.05) is 11.1 Å². The summed E-state index contributed by atoms with van der Waals surface area (Å²) in [5, 5.41) is 12.6. The molecule has 1 aliphatic rings. The van der Waals surface area contributed by atoms with Crippen molar-refractivity contribution in [3.05, 3.63) is 33.8 Å². The third-order valence-electron chi connectivity index (χ3n) is 3.34. The number of nitrogens with one attached hydrogen (secondary N) is 1. The number of hydrogen-bond acceptors (Lipinski definition) is 5. The number of rotatable bonds is 5. The summed E-state index contributed by atoms with van der Waals surface area (Å²) >= 11 is 15.0. The van der Waals surface area contributed by atoms with Gasteiger partial charge in [0.05, 0.1) is 0 Å². The summed E-state index contributed by atoms with van der Waals surface area (Å²) in [5.41, 5.74) is 1.01. The molecule has 22 heavy (non-hydrogen) atoms. The second-order valence-corrected chi connectivity index (χ2v) is 8.31. The minimum atomic E-state index is -0.0549. The fraction of sp³-hybridized carbons (Fsp3) is 0.357. The topological polar surface area (TPSA) is 54.9 Å². The van der Waals surface area contributed by atoms with Crippen LogP contribution in [-0.2, 0) is 4.79 Å². The van der Waals surface area contributed by atoms with Crippen LogP contribution >= 0.6 is 46.3 Å². The molecule has 4 nitrogen and oxygen atoms in total. The number of benzene rings is 1. The standard InChI is InChI=1S/C14H13Cl2N3OS2/c1-2-21-14-19-18-13(22-14)17-12(20)11-6-10(11)7-3-8(15)5-9(16)4-7/h3-5,10-11H,2,6H2,1H3,(H,17,18,20)/t10-,11-/m1/s1. The van der Waals surface area contributed by atoms with Crippen molar-refractivity contribution in [3.8, 4) is 0 Å². The minimum Gasteiger partial charge on any atom is -0.300 e. The van der Waals surface area contributed by atoms with E-state index in [9.17, 15) is 4.79 Å². The van der Waals surface area contributed by atoms with Gasteiger partial charge in [-0.3, -0.25) is 4.79 Å². The summed E-state index contributed by atoms with van der Waals surface area (Å²) in [6, 6.07) is 5.43. The van der Waals surface area contributed by atoms with E-state index < -0.39 is 0 Å².